The molecule has 3 heteroatoms. The molecule has 0 atom stereocenters. The lowest BCUT2D eigenvalue weighted by atomic mass is 10.1. The summed E-state index contributed by atoms with van der Waals surface area (Å²) in [5.41, 5.74) is 10.4. The molecule has 128 valence electrons. The summed E-state index contributed by atoms with van der Waals surface area (Å²) in [6, 6.07) is 27.0. The van der Waals surface area contributed by atoms with Crippen LogP contribution in [-0.2, 0) is 13.1 Å². The van der Waals surface area contributed by atoms with E-state index in [0.717, 1.165) is 24.5 Å². The van der Waals surface area contributed by atoms with Gasteiger partial charge in [-0.25, -0.2) is 0 Å². The highest BCUT2D eigenvalue weighted by atomic mass is 16.5. The molecule has 0 bridgehead atoms. The van der Waals surface area contributed by atoms with Crippen molar-refractivity contribution in [3.63, 3.8) is 0 Å². The predicted molar refractivity (Wildman–Crippen MR) is 105 cm³/mol. The summed E-state index contributed by atoms with van der Waals surface area (Å²) in [4.78, 5) is 2.34. The molecule has 0 heterocycles. The first-order valence-corrected chi connectivity index (χ1v) is 8.61. The number of nitrogens with two attached hydrogens (primary N) is 1. The summed E-state index contributed by atoms with van der Waals surface area (Å²) in [6.45, 7) is 4.22. The van der Waals surface area contributed by atoms with E-state index in [2.05, 4.69) is 59.5 Å². The molecule has 0 saturated carbocycles. The molecule has 3 aromatic carbocycles. The Kier molecular flexibility index (Phi) is 5.57. The summed E-state index contributed by atoms with van der Waals surface area (Å²) in [5.74, 6) is 0.742. The number of hydrogen-bond donors (Lipinski definition) is 1. The van der Waals surface area contributed by atoms with Crippen molar-refractivity contribution in [1.29, 1.82) is 0 Å². The maximum Gasteiger partial charge on any atom is 0.144 e. The van der Waals surface area contributed by atoms with Crippen molar-refractivity contribution in [2.45, 2.75) is 20.0 Å². The van der Waals surface area contributed by atoms with E-state index >= 15 is 0 Å². The first-order valence-electron chi connectivity index (χ1n) is 8.61. The second kappa shape index (κ2) is 8.25. The summed E-state index contributed by atoms with van der Waals surface area (Å²) < 4.78 is 5.68. The van der Waals surface area contributed by atoms with Crippen LogP contribution in [0.1, 0.15) is 18.1 Å². The zero-order valence-electron chi connectivity index (χ0n) is 14.6. The third kappa shape index (κ3) is 4.54. The highest BCUT2D eigenvalue weighted by Crippen LogP contribution is 2.29. The molecule has 0 aromatic heterocycles. The quantitative estimate of drug-likeness (QED) is 0.627. The van der Waals surface area contributed by atoms with Crippen LogP contribution in [-0.4, -0.2) is 6.61 Å². The van der Waals surface area contributed by atoms with Crippen molar-refractivity contribution in [3.05, 3.63) is 90.0 Å². The normalized spacial score (nSPS) is 10.4. The molecule has 3 nitrogen and oxygen atoms in total. The molecular formula is C22H24N2O. The van der Waals surface area contributed by atoms with E-state index in [0.29, 0.717) is 12.3 Å². The molecule has 2 N–H and O–H groups in total. The fraction of sp³-hybridized carbons (Fsp3) is 0.182. The monoisotopic (exact) mass is 332 g/mol. The van der Waals surface area contributed by atoms with E-state index in [9.17, 15) is 0 Å². The summed E-state index contributed by atoms with van der Waals surface area (Å²) in [6.07, 6.45) is 0. The third-order valence-corrected chi connectivity index (χ3v) is 4.09. The smallest absolute Gasteiger partial charge is 0.144 e. The largest absolute Gasteiger partial charge is 0.492 e. The molecule has 3 rings (SSSR count). The van der Waals surface area contributed by atoms with E-state index in [1.807, 2.05) is 31.2 Å². The lowest BCUT2D eigenvalue weighted by molar-refractivity contribution is 0.342. The van der Waals surface area contributed by atoms with Gasteiger partial charge in [-0.05, 0) is 30.2 Å². The minimum absolute atomic E-state index is 0.602. The molecule has 0 fully saturated rings. The second-order valence-electron chi connectivity index (χ2n) is 5.98. The standard InChI is InChI=1S/C22H24N2O/c1-2-25-22-15-20(13-14-21(22)23)24(16-18-9-5-3-6-10-18)17-19-11-7-4-8-12-19/h3-15H,2,16-17,23H2,1H3. The first-order chi connectivity index (χ1) is 12.3. The van der Waals surface area contributed by atoms with Gasteiger partial charge in [0, 0.05) is 24.8 Å². The number of anilines is 2. The third-order valence-electron chi connectivity index (χ3n) is 4.09. The van der Waals surface area contributed by atoms with Gasteiger partial charge in [-0.2, -0.15) is 0 Å². The molecule has 0 amide bonds. The van der Waals surface area contributed by atoms with E-state index in [1.54, 1.807) is 0 Å². The molecule has 0 aliphatic heterocycles. The predicted octanol–water partition coefficient (Wildman–Crippen LogP) is 4.87. The van der Waals surface area contributed by atoms with Crippen LogP contribution in [0.2, 0.25) is 0 Å². The number of rotatable bonds is 7. The van der Waals surface area contributed by atoms with Crippen molar-refractivity contribution >= 4 is 11.4 Å². The number of nitrogen functional groups attached to an aromatic ring is 1. The van der Waals surface area contributed by atoms with Gasteiger partial charge in [-0.15, -0.1) is 0 Å². The zero-order valence-corrected chi connectivity index (χ0v) is 14.6. The molecule has 0 spiro atoms. The molecule has 25 heavy (non-hydrogen) atoms. The summed E-state index contributed by atoms with van der Waals surface area (Å²) in [5, 5.41) is 0. The fourth-order valence-electron chi connectivity index (χ4n) is 2.85. The van der Waals surface area contributed by atoms with Gasteiger partial charge in [0.15, 0.2) is 0 Å². The Labute approximate surface area is 149 Å². The van der Waals surface area contributed by atoms with Crippen LogP contribution in [0.25, 0.3) is 0 Å². The van der Waals surface area contributed by atoms with Gasteiger partial charge < -0.3 is 15.4 Å². The molecule has 0 saturated heterocycles. The van der Waals surface area contributed by atoms with Crippen molar-refractivity contribution in [2.75, 3.05) is 17.2 Å². The van der Waals surface area contributed by atoms with Crippen LogP contribution in [0.15, 0.2) is 78.9 Å². The van der Waals surface area contributed by atoms with Gasteiger partial charge in [0.25, 0.3) is 0 Å². The van der Waals surface area contributed by atoms with Gasteiger partial charge in [-0.1, -0.05) is 60.7 Å². The molecule has 0 aliphatic rings. The molecule has 3 aromatic rings. The Balaban J connectivity index is 1.91. The van der Waals surface area contributed by atoms with Crippen molar-refractivity contribution in [3.8, 4) is 5.75 Å². The number of ether oxygens (including phenoxy) is 1. The van der Waals surface area contributed by atoms with E-state index in [1.165, 1.54) is 11.1 Å². The fourth-order valence-corrected chi connectivity index (χ4v) is 2.85. The van der Waals surface area contributed by atoms with Crippen LogP contribution in [0.3, 0.4) is 0 Å². The molecule has 0 radical (unpaired) electrons. The number of hydrogen-bond acceptors (Lipinski definition) is 3. The maximum absolute atomic E-state index is 6.04. The Morgan fingerprint density at radius 3 is 1.88 bits per heavy atom. The van der Waals surface area contributed by atoms with E-state index < -0.39 is 0 Å². The zero-order chi connectivity index (χ0) is 17.5. The Hall–Kier alpha value is -2.94. The minimum atomic E-state index is 0.602. The van der Waals surface area contributed by atoms with Crippen molar-refractivity contribution < 1.29 is 4.74 Å². The van der Waals surface area contributed by atoms with Crippen LogP contribution in [0.5, 0.6) is 5.75 Å². The highest BCUT2D eigenvalue weighted by Gasteiger charge is 2.11. The van der Waals surface area contributed by atoms with E-state index in [-0.39, 0.29) is 0 Å². The van der Waals surface area contributed by atoms with Gasteiger partial charge in [0.2, 0.25) is 0 Å². The van der Waals surface area contributed by atoms with Crippen molar-refractivity contribution in [1.82, 2.24) is 0 Å². The maximum atomic E-state index is 6.04. The first kappa shape index (κ1) is 16.9. The number of nitrogens with zero attached hydrogens (tertiary/aromatic N) is 1. The SMILES string of the molecule is CCOc1cc(N(Cc2ccccc2)Cc2ccccc2)ccc1N. The van der Waals surface area contributed by atoms with Crippen LogP contribution in [0.4, 0.5) is 11.4 Å². The minimum Gasteiger partial charge on any atom is -0.492 e. The Morgan fingerprint density at radius 1 is 0.800 bits per heavy atom. The van der Waals surface area contributed by atoms with Gasteiger partial charge in [0.1, 0.15) is 5.75 Å². The summed E-state index contributed by atoms with van der Waals surface area (Å²) in [7, 11) is 0. The van der Waals surface area contributed by atoms with E-state index in [4.69, 9.17) is 10.5 Å². The van der Waals surface area contributed by atoms with Crippen molar-refractivity contribution in [2.24, 2.45) is 0 Å². The average molecular weight is 332 g/mol. The Morgan fingerprint density at radius 2 is 1.36 bits per heavy atom. The van der Waals surface area contributed by atoms with Crippen LogP contribution in [0, 0.1) is 0 Å². The lowest BCUT2D eigenvalue weighted by Gasteiger charge is -2.26. The molecule has 0 aliphatic carbocycles. The summed E-state index contributed by atoms with van der Waals surface area (Å²) >= 11 is 0. The highest BCUT2D eigenvalue weighted by molar-refractivity contribution is 5.62. The average Bonchev–Trinajstić information content (AvgIpc) is 2.65. The van der Waals surface area contributed by atoms with Crippen LogP contribution >= 0.6 is 0 Å². The molecular weight excluding hydrogens is 308 g/mol. The topological polar surface area (TPSA) is 38.5 Å². The van der Waals surface area contributed by atoms with Crippen LogP contribution < -0.4 is 15.4 Å². The lowest BCUT2D eigenvalue weighted by Crippen LogP contribution is -2.22. The van der Waals surface area contributed by atoms with Gasteiger partial charge in [0.05, 0.1) is 12.3 Å². The number of benzene rings is 3. The Bertz CT molecular complexity index is 746. The van der Waals surface area contributed by atoms with Gasteiger partial charge >= 0.3 is 0 Å². The van der Waals surface area contributed by atoms with Gasteiger partial charge in [-0.3, -0.25) is 0 Å². The second-order valence-corrected chi connectivity index (χ2v) is 5.98. The molecule has 0 unspecified atom stereocenters.